The van der Waals surface area contributed by atoms with E-state index in [1.807, 2.05) is 0 Å². The molecule has 9 heteroatoms. The number of nitrogens with zero attached hydrogens (tertiary/aromatic N) is 1. The zero-order chi connectivity index (χ0) is 13.1. The Bertz CT molecular complexity index is 494. The largest absolute Gasteiger partial charge is 0.411 e. The third-order valence-electron chi connectivity index (χ3n) is 1.74. The number of aromatic amines is 1. The minimum absolute atomic E-state index is 0.118. The molecule has 0 fully saturated rings. The van der Waals surface area contributed by atoms with E-state index in [9.17, 15) is 22.8 Å². The Kier molecular flexibility index (Phi) is 4.52. The molecule has 96 valence electrons. The number of hydrogen-bond acceptors (Lipinski definition) is 3. The second-order valence-corrected chi connectivity index (χ2v) is 3.92. The van der Waals surface area contributed by atoms with Crippen molar-refractivity contribution in [3.05, 3.63) is 31.5 Å². The molecule has 1 rings (SSSR count). The van der Waals surface area contributed by atoms with Gasteiger partial charge < -0.3 is 9.72 Å². The lowest BCUT2D eigenvalue weighted by Gasteiger charge is -2.08. The van der Waals surface area contributed by atoms with Crippen LogP contribution in [0, 0.1) is 0 Å². The number of halogens is 4. The summed E-state index contributed by atoms with van der Waals surface area (Å²) in [6, 6.07) is 0. The highest BCUT2D eigenvalue weighted by atomic mass is 79.9. The van der Waals surface area contributed by atoms with Crippen LogP contribution in [0.3, 0.4) is 0 Å². The molecule has 0 unspecified atom stereocenters. The number of aromatic nitrogens is 2. The fraction of sp³-hybridized carbons (Fsp3) is 0.500. The van der Waals surface area contributed by atoms with E-state index in [0.29, 0.717) is 0 Å². The van der Waals surface area contributed by atoms with Crippen molar-refractivity contribution in [1.82, 2.24) is 9.55 Å². The summed E-state index contributed by atoms with van der Waals surface area (Å²) in [7, 11) is 0. The lowest BCUT2D eigenvalue weighted by atomic mass is 10.5. The number of alkyl halides is 3. The first-order chi connectivity index (χ1) is 7.81. The molecule has 1 heterocycles. The quantitative estimate of drug-likeness (QED) is 0.839. The maximum atomic E-state index is 11.7. The summed E-state index contributed by atoms with van der Waals surface area (Å²) in [6.07, 6.45) is -3.26. The molecular weight excluding hydrogens is 309 g/mol. The van der Waals surface area contributed by atoms with Crippen LogP contribution in [-0.4, -0.2) is 28.9 Å². The maximum Gasteiger partial charge on any atom is 0.411 e. The van der Waals surface area contributed by atoms with Crippen LogP contribution in [0.4, 0.5) is 13.2 Å². The van der Waals surface area contributed by atoms with Crippen molar-refractivity contribution in [3.63, 3.8) is 0 Å². The molecule has 0 atom stereocenters. The molecule has 17 heavy (non-hydrogen) atoms. The van der Waals surface area contributed by atoms with Gasteiger partial charge in [-0.3, -0.25) is 9.36 Å². The predicted octanol–water partition coefficient (Wildman–Crippen LogP) is 0.878. The summed E-state index contributed by atoms with van der Waals surface area (Å²) in [5, 5.41) is 0. The van der Waals surface area contributed by atoms with Crippen molar-refractivity contribution in [2.24, 2.45) is 0 Å². The normalized spacial score (nSPS) is 11.8. The highest BCUT2D eigenvalue weighted by Gasteiger charge is 2.27. The van der Waals surface area contributed by atoms with Crippen LogP contribution >= 0.6 is 15.9 Å². The van der Waals surface area contributed by atoms with E-state index in [1.54, 1.807) is 0 Å². The molecule has 0 saturated heterocycles. The van der Waals surface area contributed by atoms with Gasteiger partial charge in [0.05, 0.1) is 17.6 Å². The van der Waals surface area contributed by atoms with Gasteiger partial charge in [0.15, 0.2) is 0 Å². The highest BCUT2D eigenvalue weighted by molar-refractivity contribution is 9.10. The van der Waals surface area contributed by atoms with Gasteiger partial charge in [-0.05, 0) is 15.9 Å². The number of rotatable bonds is 4. The first-order valence-electron chi connectivity index (χ1n) is 4.44. The summed E-state index contributed by atoms with van der Waals surface area (Å²) in [6.45, 7) is -2.03. The van der Waals surface area contributed by atoms with E-state index in [4.69, 9.17) is 0 Å². The molecule has 0 bridgehead atoms. The molecule has 1 aromatic rings. The van der Waals surface area contributed by atoms with Gasteiger partial charge in [-0.1, -0.05) is 0 Å². The van der Waals surface area contributed by atoms with E-state index in [0.717, 1.165) is 10.8 Å². The molecular formula is C8H8BrF3N2O3. The lowest BCUT2D eigenvalue weighted by molar-refractivity contribution is -0.174. The summed E-state index contributed by atoms with van der Waals surface area (Å²) in [5.41, 5.74) is -1.32. The standard InChI is InChI=1S/C8H8BrF3N2O3/c9-5-3-13-7(16)14(6(5)15)1-2-17-4-8(10,11)12/h3H,1-2,4H2,(H,13,16). The molecule has 1 N–H and O–H groups in total. The van der Waals surface area contributed by atoms with Gasteiger partial charge in [-0.2, -0.15) is 13.2 Å². The fourth-order valence-corrected chi connectivity index (χ4v) is 1.36. The first-order valence-corrected chi connectivity index (χ1v) is 5.23. The number of ether oxygens (including phenoxy) is 1. The van der Waals surface area contributed by atoms with Gasteiger partial charge >= 0.3 is 11.9 Å². The summed E-state index contributed by atoms with van der Waals surface area (Å²) in [4.78, 5) is 24.8. The molecule has 0 aliphatic heterocycles. The minimum atomic E-state index is -4.42. The van der Waals surface area contributed by atoms with Gasteiger partial charge in [-0.25, -0.2) is 4.79 Å². The molecule has 1 aromatic heterocycles. The van der Waals surface area contributed by atoms with Crippen LogP contribution in [0.5, 0.6) is 0 Å². The van der Waals surface area contributed by atoms with Gasteiger partial charge in [0.2, 0.25) is 0 Å². The second kappa shape index (κ2) is 5.50. The average Bonchev–Trinajstić information content (AvgIpc) is 2.21. The summed E-state index contributed by atoms with van der Waals surface area (Å²) in [5.74, 6) is 0. The van der Waals surface area contributed by atoms with Crippen LogP contribution in [0.25, 0.3) is 0 Å². The molecule has 0 aromatic carbocycles. The molecule has 0 aliphatic carbocycles. The zero-order valence-electron chi connectivity index (χ0n) is 8.38. The van der Waals surface area contributed by atoms with Crippen molar-refractivity contribution in [3.8, 4) is 0 Å². The Morgan fingerprint density at radius 2 is 2.06 bits per heavy atom. The number of hydrogen-bond donors (Lipinski definition) is 1. The maximum absolute atomic E-state index is 11.7. The monoisotopic (exact) mass is 316 g/mol. The van der Waals surface area contributed by atoms with Crippen LogP contribution in [0.1, 0.15) is 0 Å². The van der Waals surface area contributed by atoms with Crippen molar-refractivity contribution in [2.45, 2.75) is 12.7 Å². The van der Waals surface area contributed by atoms with Gasteiger partial charge in [0.25, 0.3) is 5.56 Å². The first kappa shape index (κ1) is 14.0. The second-order valence-electron chi connectivity index (χ2n) is 3.07. The van der Waals surface area contributed by atoms with E-state index < -0.39 is 24.0 Å². The van der Waals surface area contributed by atoms with Crippen LogP contribution in [0.15, 0.2) is 20.3 Å². The Labute approximate surface area is 101 Å². The van der Waals surface area contributed by atoms with Crippen LogP contribution < -0.4 is 11.2 Å². The predicted molar refractivity (Wildman–Crippen MR) is 55.9 cm³/mol. The molecule has 0 spiro atoms. The van der Waals surface area contributed by atoms with Crippen molar-refractivity contribution in [2.75, 3.05) is 13.2 Å². The third kappa shape index (κ3) is 4.35. The fourth-order valence-electron chi connectivity index (χ4n) is 1.03. The van der Waals surface area contributed by atoms with Crippen molar-refractivity contribution < 1.29 is 17.9 Å². The molecule has 0 amide bonds. The minimum Gasteiger partial charge on any atom is -0.370 e. The molecule has 0 aliphatic rings. The van der Waals surface area contributed by atoms with Gasteiger partial charge in [0.1, 0.15) is 6.61 Å². The zero-order valence-corrected chi connectivity index (χ0v) is 9.97. The van der Waals surface area contributed by atoms with Crippen LogP contribution in [0.2, 0.25) is 0 Å². The topological polar surface area (TPSA) is 64.1 Å². The third-order valence-corrected chi connectivity index (χ3v) is 2.31. The van der Waals surface area contributed by atoms with E-state index in [1.165, 1.54) is 0 Å². The molecule has 5 nitrogen and oxygen atoms in total. The Morgan fingerprint density at radius 3 is 2.65 bits per heavy atom. The van der Waals surface area contributed by atoms with Crippen molar-refractivity contribution >= 4 is 15.9 Å². The average molecular weight is 317 g/mol. The van der Waals surface area contributed by atoms with E-state index >= 15 is 0 Å². The van der Waals surface area contributed by atoms with Crippen molar-refractivity contribution in [1.29, 1.82) is 0 Å². The summed E-state index contributed by atoms with van der Waals surface area (Å²) < 4.78 is 40.4. The number of H-pyrrole nitrogens is 1. The SMILES string of the molecule is O=c1[nH]cc(Br)c(=O)n1CCOCC(F)(F)F. The molecule has 0 saturated carbocycles. The van der Waals surface area contributed by atoms with E-state index in [-0.39, 0.29) is 17.6 Å². The molecule has 0 radical (unpaired) electrons. The smallest absolute Gasteiger partial charge is 0.370 e. The van der Waals surface area contributed by atoms with Gasteiger partial charge in [-0.15, -0.1) is 0 Å². The Hall–Kier alpha value is -1.09. The Balaban J connectivity index is 2.62. The number of nitrogens with one attached hydrogen (secondary N) is 1. The lowest BCUT2D eigenvalue weighted by Crippen LogP contribution is -2.36. The highest BCUT2D eigenvalue weighted by Crippen LogP contribution is 2.14. The summed E-state index contributed by atoms with van der Waals surface area (Å²) >= 11 is 2.90. The van der Waals surface area contributed by atoms with E-state index in [2.05, 4.69) is 25.7 Å². The van der Waals surface area contributed by atoms with Crippen LogP contribution in [-0.2, 0) is 11.3 Å². The Morgan fingerprint density at radius 1 is 1.41 bits per heavy atom. The van der Waals surface area contributed by atoms with Gasteiger partial charge in [0, 0.05) is 6.20 Å².